The lowest BCUT2D eigenvalue weighted by Gasteiger charge is -2.37. The van der Waals surface area contributed by atoms with E-state index in [1.54, 1.807) is 0 Å². The first-order valence-corrected chi connectivity index (χ1v) is 9.20. The molecular weight excluding hydrogens is 310 g/mol. The van der Waals surface area contributed by atoms with E-state index in [1.807, 2.05) is 13.0 Å². The fourth-order valence-corrected chi connectivity index (χ4v) is 3.75. The number of alkyl halides is 1. The summed E-state index contributed by atoms with van der Waals surface area (Å²) in [5.41, 5.74) is 0.952. The zero-order valence-corrected chi connectivity index (χ0v) is 14.8. The third-order valence-electron chi connectivity index (χ3n) is 4.69. The maximum absolute atomic E-state index is 11.9. The molecule has 1 saturated carbocycles. The van der Waals surface area contributed by atoms with Crippen LogP contribution in [0.4, 0.5) is 4.79 Å². The zero-order chi connectivity index (χ0) is 16.5. The normalized spacial score (nSPS) is 18.2. The number of ether oxygens (including phenoxy) is 1. The van der Waals surface area contributed by atoms with Crippen LogP contribution in [0.25, 0.3) is 0 Å². The van der Waals surface area contributed by atoms with E-state index in [4.69, 9.17) is 16.3 Å². The van der Waals surface area contributed by atoms with Crippen molar-refractivity contribution in [1.82, 2.24) is 5.32 Å². The second-order valence-electron chi connectivity index (χ2n) is 6.68. The number of alkyl carbamates (subject to hydrolysis) is 1. The topological polar surface area (TPSA) is 38.3 Å². The zero-order valence-electron chi connectivity index (χ0n) is 14.0. The van der Waals surface area contributed by atoms with Crippen molar-refractivity contribution < 1.29 is 9.53 Å². The molecule has 1 aliphatic rings. The molecule has 1 aromatic carbocycles. The van der Waals surface area contributed by atoms with Crippen LogP contribution in [0.1, 0.15) is 57.4 Å². The van der Waals surface area contributed by atoms with Crippen LogP contribution >= 0.6 is 11.6 Å². The first-order valence-electron chi connectivity index (χ1n) is 8.76. The van der Waals surface area contributed by atoms with Gasteiger partial charge in [-0.25, -0.2) is 4.79 Å². The average Bonchev–Trinajstić information content (AvgIpc) is 2.55. The molecule has 1 N–H and O–H groups in total. The lowest BCUT2D eigenvalue weighted by atomic mass is 9.70. The van der Waals surface area contributed by atoms with Crippen molar-refractivity contribution in [3.8, 4) is 0 Å². The van der Waals surface area contributed by atoms with E-state index in [0.29, 0.717) is 13.0 Å². The molecule has 0 spiro atoms. The molecule has 1 atom stereocenters. The molecule has 2 rings (SSSR count). The van der Waals surface area contributed by atoms with Crippen LogP contribution in [0, 0.1) is 5.41 Å². The Hall–Kier alpha value is -1.22. The SMILES string of the molecule is CCCC(Cl)OC(=O)NCC1(Cc2ccccc2)CCCCC1. The van der Waals surface area contributed by atoms with Crippen LogP contribution in [0.5, 0.6) is 0 Å². The molecule has 4 heteroatoms. The molecule has 1 unspecified atom stereocenters. The maximum Gasteiger partial charge on any atom is 0.408 e. The van der Waals surface area contributed by atoms with Crippen LogP contribution in [0.2, 0.25) is 0 Å². The van der Waals surface area contributed by atoms with Crippen LogP contribution in [0.15, 0.2) is 30.3 Å². The smallest absolute Gasteiger partial charge is 0.408 e. The van der Waals surface area contributed by atoms with Crippen molar-refractivity contribution in [2.75, 3.05) is 6.54 Å². The van der Waals surface area contributed by atoms with Gasteiger partial charge in [0, 0.05) is 6.54 Å². The molecule has 1 aromatic rings. The van der Waals surface area contributed by atoms with Crippen LogP contribution in [0.3, 0.4) is 0 Å². The van der Waals surface area contributed by atoms with E-state index in [-0.39, 0.29) is 5.41 Å². The predicted molar refractivity (Wildman–Crippen MR) is 94.7 cm³/mol. The van der Waals surface area contributed by atoms with Gasteiger partial charge in [-0.15, -0.1) is 0 Å². The van der Waals surface area contributed by atoms with Crippen molar-refractivity contribution in [3.63, 3.8) is 0 Å². The van der Waals surface area contributed by atoms with Crippen molar-refractivity contribution in [2.24, 2.45) is 5.41 Å². The number of benzene rings is 1. The van der Waals surface area contributed by atoms with Gasteiger partial charge in [0.2, 0.25) is 0 Å². The summed E-state index contributed by atoms with van der Waals surface area (Å²) in [5, 5.41) is 2.96. The second-order valence-corrected chi connectivity index (χ2v) is 7.17. The lowest BCUT2D eigenvalue weighted by Crippen LogP contribution is -2.41. The Morgan fingerprint density at radius 2 is 1.96 bits per heavy atom. The Labute approximate surface area is 144 Å². The van der Waals surface area contributed by atoms with E-state index in [9.17, 15) is 4.79 Å². The van der Waals surface area contributed by atoms with Crippen molar-refractivity contribution in [2.45, 2.75) is 63.9 Å². The third kappa shape index (κ3) is 6.06. The van der Waals surface area contributed by atoms with E-state index in [1.165, 1.54) is 24.8 Å². The van der Waals surface area contributed by atoms with Gasteiger partial charge in [-0.2, -0.15) is 0 Å². The number of hydrogen-bond acceptors (Lipinski definition) is 2. The summed E-state index contributed by atoms with van der Waals surface area (Å²) in [7, 11) is 0. The Kier molecular flexibility index (Phi) is 7.22. The summed E-state index contributed by atoms with van der Waals surface area (Å²) in [6, 6.07) is 10.5. The average molecular weight is 338 g/mol. The summed E-state index contributed by atoms with van der Waals surface area (Å²) in [6.07, 6.45) is 8.27. The van der Waals surface area contributed by atoms with Crippen molar-refractivity contribution in [1.29, 1.82) is 0 Å². The van der Waals surface area contributed by atoms with Gasteiger partial charge >= 0.3 is 6.09 Å². The fourth-order valence-electron chi connectivity index (χ4n) is 3.45. The third-order valence-corrected chi connectivity index (χ3v) is 5.00. The monoisotopic (exact) mass is 337 g/mol. The minimum absolute atomic E-state index is 0.144. The van der Waals surface area contributed by atoms with Crippen LogP contribution in [-0.4, -0.2) is 18.2 Å². The first-order chi connectivity index (χ1) is 11.1. The van der Waals surface area contributed by atoms with Gasteiger partial charge in [-0.1, -0.05) is 74.5 Å². The molecule has 0 aliphatic heterocycles. The van der Waals surface area contributed by atoms with E-state index in [2.05, 4.69) is 29.6 Å². The van der Waals surface area contributed by atoms with Crippen LogP contribution < -0.4 is 5.32 Å². The maximum atomic E-state index is 11.9. The predicted octanol–water partition coefficient (Wildman–Crippen LogP) is 5.27. The fraction of sp³-hybridized carbons (Fsp3) is 0.632. The van der Waals surface area contributed by atoms with Crippen molar-refractivity contribution in [3.05, 3.63) is 35.9 Å². The summed E-state index contributed by atoms with van der Waals surface area (Å²) in [4.78, 5) is 11.9. The molecule has 128 valence electrons. The summed E-state index contributed by atoms with van der Waals surface area (Å²) in [6.45, 7) is 2.68. The molecule has 0 bridgehead atoms. The minimum Gasteiger partial charge on any atom is -0.430 e. The molecule has 0 radical (unpaired) electrons. The van der Waals surface area contributed by atoms with Gasteiger partial charge in [0.25, 0.3) is 0 Å². The Bertz CT molecular complexity index is 472. The number of amides is 1. The number of hydrogen-bond donors (Lipinski definition) is 1. The highest BCUT2D eigenvalue weighted by Crippen LogP contribution is 2.38. The van der Waals surface area contributed by atoms with Gasteiger partial charge in [0.15, 0.2) is 5.56 Å². The number of carbonyl (C=O) groups excluding carboxylic acids is 1. The van der Waals surface area contributed by atoms with Gasteiger partial charge in [-0.3, -0.25) is 0 Å². The standard InChI is InChI=1S/C19H28ClNO2/c1-2-9-17(20)23-18(22)21-15-19(12-7-4-8-13-19)14-16-10-5-3-6-11-16/h3,5-6,10-11,17H,2,4,7-9,12-15H2,1H3,(H,21,22). The Morgan fingerprint density at radius 3 is 2.61 bits per heavy atom. The van der Waals surface area contributed by atoms with E-state index in [0.717, 1.165) is 25.7 Å². The van der Waals surface area contributed by atoms with Crippen LogP contribution in [-0.2, 0) is 11.2 Å². The largest absolute Gasteiger partial charge is 0.430 e. The number of halogens is 1. The molecule has 0 saturated heterocycles. The molecule has 1 fully saturated rings. The van der Waals surface area contributed by atoms with Gasteiger partial charge < -0.3 is 10.1 Å². The number of carbonyl (C=O) groups is 1. The van der Waals surface area contributed by atoms with Gasteiger partial charge in [-0.05, 0) is 36.7 Å². The molecule has 23 heavy (non-hydrogen) atoms. The Morgan fingerprint density at radius 1 is 1.26 bits per heavy atom. The highest BCUT2D eigenvalue weighted by atomic mass is 35.5. The second kappa shape index (κ2) is 9.17. The molecular formula is C19H28ClNO2. The highest BCUT2D eigenvalue weighted by molar-refractivity contribution is 6.20. The highest BCUT2D eigenvalue weighted by Gasteiger charge is 2.32. The van der Waals surface area contributed by atoms with Crippen molar-refractivity contribution >= 4 is 17.7 Å². The Balaban J connectivity index is 1.92. The lowest BCUT2D eigenvalue weighted by molar-refractivity contribution is 0.116. The number of nitrogens with one attached hydrogen (secondary N) is 1. The van der Waals surface area contributed by atoms with E-state index >= 15 is 0 Å². The quantitative estimate of drug-likeness (QED) is 0.688. The summed E-state index contributed by atoms with van der Waals surface area (Å²) >= 11 is 5.98. The number of rotatable bonds is 7. The molecule has 1 aliphatic carbocycles. The summed E-state index contributed by atoms with van der Waals surface area (Å²) < 4.78 is 5.19. The van der Waals surface area contributed by atoms with Gasteiger partial charge in [0.1, 0.15) is 0 Å². The molecule has 3 nitrogen and oxygen atoms in total. The molecule has 0 aromatic heterocycles. The van der Waals surface area contributed by atoms with Gasteiger partial charge in [0.05, 0.1) is 0 Å². The molecule has 1 amide bonds. The summed E-state index contributed by atoms with van der Waals surface area (Å²) in [5.74, 6) is 0. The molecule has 0 heterocycles. The van der Waals surface area contributed by atoms with E-state index < -0.39 is 11.7 Å². The first kappa shape index (κ1) is 18.1. The minimum atomic E-state index is -0.531.